The summed E-state index contributed by atoms with van der Waals surface area (Å²) < 4.78 is 36.0. The minimum atomic E-state index is -4.38. The largest absolute Gasteiger partial charge is 0.416 e. The molecule has 0 aliphatic heterocycles. The second-order valence-electron chi connectivity index (χ2n) is 8.30. The van der Waals surface area contributed by atoms with Crippen molar-refractivity contribution in [1.29, 1.82) is 5.41 Å². The minimum absolute atomic E-state index is 0.0322. The lowest BCUT2D eigenvalue weighted by molar-refractivity contribution is -0.137. The van der Waals surface area contributed by atoms with Crippen LogP contribution in [0, 0.1) is 30.1 Å². The van der Waals surface area contributed by atoms with Crippen molar-refractivity contribution in [3.05, 3.63) is 76.6 Å². The van der Waals surface area contributed by atoms with Crippen LogP contribution in [0.25, 0.3) is 0 Å². The predicted octanol–water partition coefficient (Wildman–Crippen LogP) is 4.39. The number of aryl methyl sites for hydroxylation is 1. The summed E-state index contributed by atoms with van der Waals surface area (Å²) in [5.41, 5.74) is 8.40. The molecule has 2 aromatic carbocycles. The monoisotopic (exact) mass is 526 g/mol. The fourth-order valence-electron chi connectivity index (χ4n) is 3.01. The van der Waals surface area contributed by atoms with Crippen LogP contribution in [-0.4, -0.2) is 47.3 Å². The number of carbonyl (C=O) groups is 1. The van der Waals surface area contributed by atoms with Gasteiger partial charge in [-0.3, -0.25) is 10.2 Å². The third-order valence-electron chi connectivity index (χ3n) is 5.25. The van der Waals surface area contributed by atoms with Gasteiger partial charge in [0.2, 0.25) is 0 Å². The molecule has 0 fully saturated rings. The fourth-order valence-corrected chi connectivity index (χ4v) is 3.01. The summed E-state index contributed by atoms with van der Waals surface area (Å²) >= 11 is 0. The molecular weight excluding hydrogens is 497 g/mol. The normalized spacial score (nSPS) is 11.2. The number of aromatic nitrogens is 2. The van der Waals surface area contributed by atoms with Gasteiger partial charge in [-0.15, -0.1) is 0 Å². The molecular formula is C27H29F3N6O2. The molecule has 200 valence electrons. The van der Waals surface area contributed by atoms with Gasteiger partial charge >= 0.3 is 6.18 Å². The summed E-state index contributed by atoms with van der Waals surface area (Å²) in [7, 11) is 1.84. The van der Waals surface area contributed by atoms with E-state index in [1.165, 1.54) is 18.5 Å². The highest BCUT2D eigenvalue weighted by Gasteiger charge is 2.30. The molecule has 3 aromatic rings. The molecule has 3 rings (SSSR count). The number of anilines is 3. The van der Waals surface area contributed by atoms with Crippen LogP contribution in [-0.2, 0) is 6.18 Å². The van der Waals surface area contributed by atoms with Crippen molar-refractivity contribution in [3.63, 3.8) is 0 Å². The van der Waals surface area contributed by atoms with Gasteiger partial charge in [-0.1, -0.05) is 31.0 Å². The Hall–Kier alpha value is -4.43. The molecule has 1 atom stereocenters. The highest BCUT2D eigenvalue weighted by molar-refractivity contribution is 6.16. The topological polar surface area (TPSA) is 137 Å². The van der Waals surface area contributed by atoms with Crippen molar-refractivity contribution >= 4 is 29.3 Å². The molecule has 0 saturated heterocycles. The Kier molecular flexibility index (Phi) is 10.8. The highest BCUT2D eigenvalue weighted by atomic mass is 19.4. The number of nitrogens with one attached hydrogen (secondary N) is 3. The molecule has 6 N–H and O–H groups in total. The summed E-state index contributed by atoms with van der Waals surface area (Å²) in [4.78, 5) is 18.2. The molecule has 1 aromatic heterocycles. The second-order valence-corrected chi connectivity index (χ2v) is 8.30. The molecule has 0 amide bonds. The SMILES string of the molecule is CNc1ccc(C)c(C#CC(=N)c2c(N)ncnc2NCC(C)CO)c1.O=Cc1cccc(C(F)(F)F)c1. The number of halogens is 3. The number of benzene rings is 2. The van der Waals surface area contributed by atoms with Crippen LogP contribution in [0.3, 0.4) is 0 Å². The Morgan fingerprint density at radius 2 is 1.97 bits per heavy atom. The van der Waals surface area contributed by atoms with E-state index >= 15 is 0 Å². The molecule has 38 heavy (non-hydrogen) atoms. The first-order valence-electron chi connectivity index (χ1n) is 11.5. The molecule has 0 aliphatic carbocycles. The second kappa shape index (κ2) is 13.8. The van der Waals surface area contributed by atoms with E-state index in [2.05, 4.69) is 32.4 Å². The Morgan fingerprint density at radius 1 is 1.24 bits per heavy atom. The highest BCUT2D eigenvalue weighted by Crippen LogP contribution is 2.29. The lowest BCUT2D eigenvalue weighted by atomic mass is 10.1. The maximum atomic E-state index is 12.0. The van der Waals surface area contributed by atoms with Gasteiger partial charge in [0, 0.05) is 37.0 Å². The van der Waals surface area contributed by atoms with Crippen molar-refractivity contribution in [2.24, 2.45) is 5.92 Å². The average molecular weight is 527 g/mol. The molecule has 0 radical (unpaired) electrons. The molecule has 0 spiro atoms. The molecule has 1 unspecified atom stereocenters. The van der Waals surface area contributed by atoms with Crippen LogP contribution in [0.2, 0.25) is 0 Å². The van der Waals surface area contributed by atoms with Crippen LogP contribution in [0.4, 0.5) is 30.5 Å². The van der Waals surface area contributed by atoms with E-state index in [9.17, 15) is 18.0 Å². The van der Waals surface area contributed by atoms with Crippen molar-refractivity contribution in [2.75, 3.05) is 36.6 Å². The number of nitrogens with zero attached hydrogens (tertiary/aromatic N) is 2. The minimum Gasteiger partial charge on any atom is -0.396 e. The first kappa shape index (κ1) is 29.8. The van der Waals surface area contributed by atoms with E-state index in [-0.39, 0.29) is 29.6 Å². The lowest BCUT2D eigenvalue weighted by Gasteiger charge is -2.13. The maximum absolute atomic E-state index is 12.0. The zero-order chi connectivity index (χ0) is 28.3. The van der Waals surface area contributed by atoms with Crippen LogP contribution in [0.15, 0.2) is 48.8 Å². The standard InChI is InChI=1S/C19H24N6O.C8H5F3O/c1-12(10-26)9-23-19-17(18(21)24-11-25-19)16(20)7-5-14-8-15(22-3)6-4-13(14)2;9-8(10,11)7-3-1-2-6(4-7)5-12/h4,6,8,11-12,20,22,26H,9-10H2,1-3H3,(H3,21,23,24,25);1-5H. The summed E-state index contributed by atoms with van der Waals surface area (Å²) in [5.74, 6) is 6.55. The Morgan fingerprint density at radius 3 is 2.61 bits per heavy atom. The molecule has 8 nitrogen and oxygen atoms in total. The van der Waals surface area contributed by atoms with Crippen LogP contribution in [0.1, 0.15) is 39.5 Å². The number of aliphatic hydroxyl groups is 1. The smallest absolute Gasteiger partial charge is 0.396 e. The van der Waals surface area contributed by atoms with Crippen molar-refractivity contribution < 1.29 is 23.1 Å². The molecule has 0 aliphatic rings. The van der Waals surface area contributed by atoms with Crippen LogP contribution in [0.5, 0.6) is 0 Å². The Balaban J connectivity index is 0.000000352. The van der Waals surface area contributed by atoms with Crippen LogP contribution < -0.4 is 16.4 Å². The Labute approximate surface area is 219 Å². The number of rotatable bonds is 7. The van der Waals surface area contributed by atoms with Crippen molar-refractivity contribution in [1.82, 2.24) is 9.97 Å². The third-order valence-corrected chi connectivity index (χ3v) is 5.25. The van der Waals surface area contributed by atoms with E-state index in [0.717, 1.165) is 28.9 Å². The van der Waals surface area contributed by atoms with E-state index in [4.69, 9.17) is 16.2 Å². The molecule has 0 bridgehead atoms. The van der Waals surface area contributed by atoms with Crippen molar-refractivity contribution in [3.8, 4) is 11.8 Å². The molecule has 11 heteroatoms. The van der Waals surface area contributed by atoms with E-state index in [0.29, 0.717) is 24.2 Å². The fraction of sp³-hybridized carbons (Fsp3) is 0.259. The summed E-state index contributed by atoms with van der Waals surface area (Å²) in [6.45, 7) is 4.43. The Bertz CT molecular complexity index is 1330. The van der Waals surface area contributed by atoms with Gasteiger partial charge in [-0.25, -0.2) is 9.97 Å². The summed E-state index contributed by atoms with van der Waals surface area (Å²) in [6.07, 6.45) is -2.65. The van der Waals surface area contributed by atoms with Gasteiger partial charge in [0.25, 0.3) is 0 Å². The van der Waals surface area contributed by atoms with Gasteiger partial charge in [-0.05, 0) is 48.6 Å². The van der Waals surface area contributed by atoms with Gasteiger partial charge in [0.1, 0.15) is 30.0 Å². The zero-order valence-corrected chi connectivity index (χ0v) is 21.1. The number of hydrogen-bond donors (Lipinski definition) is 5. The number of hydrogen-bond acceptors (Lipinski definition) is 8. The van der Waals surface area contributed by atoms with E-state index < -0.39 is 11.7 Å². The van der Waals surface area contributed by atoms with Gasteiger partial charge in [0.05, 0.1) is 11.1 Å². The predicted molar refractivity (Wildman–Crippen MR) is 142 cm³/mol. The van der Waals surface area contributed by atoms with Gasteiger partial charge < -0.3 is 21.5 Å². The van der Waals surface area contributed by atoms with Gasteiger partial charge in [-0.2, -0.15) is 13.2 Å². The average Bonchev–Trinajstić information content (AvgIpc) is 2.91. The number of aldehydes is 1. The number of aliphatic hydroxyl groups excluding tert-OH is 1. The number of nitrogens with two attached hydrogens (primary N) is 1. The molecule has 1 heterocycles. The summed E-state index contributed by atoms with van der Waals surface area (Å²) in [5, 5.41) is 23.7. The first-order valence-corrected chi connectivity index (χ1v) is 11.5. The van der Waals surface area contributed by atoms with Crippen LogP contribution >= 0.6 is 0 Å². The number of alkyl halides is 3. The number of carbonyl (C=O) groups excluding carboxylic acids is 1. The quantitative estimate of drug-likeness (QED) is 0.175. The molecule has 0 saturated carbocycles. The van der Waals surface area contributed by atoms with E-state index in [1.807, 2.05) is 39.1 Å². The number of nitrogen functional groups attached to an aromatic ring is 1. The van der Waals surface area contributed by atoms with Gasteiger partial charge in [0.15, 0.2) is 0 Å². The first-order chi connectivity index (χ1) is 18.0. The lowest BCUT2D eigenvalue weighted by Crippen LogP contribution is -2.18. The van der Waals surface area contributed by atoms with Crippen molar-refractivity contribution in [2.45, 2.75) is 20.0 Å². The summed E-state index contributed by atoms with van der Waals surface area (Å²) in [6, 6.07) is 10.1. The van der Waals surface area contributed by atoms with E-state index in [1.54, 1.807) is 0 Å². The zero-order valence-electron chi connectivity index (χ0n) is 21.1. The maximum Gasteiger partial charge on any atom is 0.416 e. The third kappa shape index (κ3) is 8.60.